The fourth-order valence-electron chi connectivity index (χ4n) is 1.52. The monoisotopic (exact) mass is 249 g/mol. The molecule has 0 fully saturated rings. The van der Waals surface area contributed by atoms with Crippen molar-refractivity contribution in [1.82, 2.24) is 5.32 Å². The highest BCUT2D eigenvalue weighted by Gasteiger charge is 2.10. The molecule has 0 saturated heterocycles. The summed E-state index contributed by atoms with van der Waals surface area (Å²) in [6.07, 6.45) is 1.66. The van der Waals surface area contributed by atoms with Gasteiger partial charge in [0, 0.05) is 26.8 Å². The molecule has 0 heterocycles. The van der Waals surface area contributed by atoms with Gasteiger partial charge in [0.05, 0.1) is 32.5 Å². The molecule has 0 saturated carbocycles. The number of hydrogen-bond donors (Lipinski definition) is 2. The number of rotatable bonds is 12. The minimum atomic E-state index is -0.483. The zero-order chi connectivity index (χ0) is 12.9. The van der Waals surface area contributed by atoms with Crippen LogP contribution >= 0.6 is 0 Å². The molecule has 0 amide bonds. The van der Waals surface area contributed by atoms with Gasteiger partial charge >= 0.3 is 0 Å². The molecular weight excluding hydrogens is 222 g/mol. The van der Waals surface area contributed by atoms with Crippen LogP contribution in [0.3, 0.4) is 0 Å². The van der Waals surface area contributed by atoms with Crippen LogP contribution in [-0.4, -0.2) is 64.4 Å². The van der Waals surface area contributed by atoms with Gasteiger partial charge in [0.25, 0.3) is 0 Å². The highest BCUT2D eigenvalue weighted by molar-refractivity contribution is 4.68. The second-order valence-corrected chi connectivity index (χ2v) is 4.07. The fraction of sp³-hybridized carbons (Fsp3) is 1.00. The van der Waals surface area contributed by atoms with Crippen molar-refractivity contribution in [1.29, 1.82) is 0 Å². The SMILES string of the molecule is CCCC(COC)NCC(O)COCCOC. The first kappa shape index (κ1) is 16.8. The quantitative estimate of drug-likeness (QED) is 0.491. The number of ether oxygens (including phenoxy) is 3. The third-order valence-corrected chi connectivity index (χ3v) is 2.39. The molecule has 0 bridgehead atoms. The van der Waals surface area contributed by atoms with E-state index in [1.165, 1.54) is 0 Å². The summed E-state index contributed by atoms with van der Waals surface area (Å²) in [5.74, 6) is 0. The summed E-state index contributed by atoms with van der Waals surface area (Å²) >= 11 is 0. The van der Waals surface area contributed by atoms with Gasteiger partial charge in [-0.05, 0) is 6.42 Å². The molecule has 0 radical (unpaired) electrons. The van der Waals surface area contributed by atoms with Crippen molar-refractivity contribution in [2.75, 3.05) is 47.2 Å². The van der Waals surface area contributed by atoms with E-state index in [2.05, 4.69) is 12.2 Å². The van der Waals surface area contributed by atoms with E-state index in [0.717, 1.165) is 12.8 Å². The van der Waals surface area contributed by atoms with E-state index in [1.54, 1.807) is 14.2 Å². The Balaban J connectivity index is 3.53. The Morgan fingerprint density at radius 3 is 2.47 bits per heavy atom. The van der Waals surface area contributed by atoms with Gasteiger partial charge in [-0.25, -0.2) is 0 Å². The molecule has 0 aliphatic carbocycles. The molecule has 5 heteroatoms. The van der Waals surface area contributed by atoms with Crippen molar-refractivity contribution in [2.24, 2.45) is 0 Å². The molecule has 104 valence electrons. The van der Waals surface area contributed by atoms with Gasteiger partial charge in [-0.15, -0.1) is 0 Å². The van der Waals surface area contributed by atoms with Gasteiger partial charge in [0.15, 0.2) is 0 Å². The van der Waals surface area contributed by atoms with Crippen LogP contribution in [0, 0.1) is 0 Å². The molecular formula is C12H27NO4. The average molecular weight is 249 g/mol. The van der Waals surface area contributed by atoms with Gasteiger partial charge in [0.2, 0.25) is 0 Å². The Bertz CT molecular complexity index is 151. The third kappa shape index (κ3) is 10.7. The van der Waals surface area contributed by atoms with Crippen molar-refractivity contribution < 1.29 is 19.3 Å². The lowest BCUT2D eigenvalue weighted by molar-refractivity contribution is 0.0117. The fourth-order valence-corrected chi connectivity index (χ4v) is 1.52. The Labute approximate surface area is 104 Å². The smallest absolute Gasteiger partial charge is 0.0897 e. The summed E-state index contributed by atoms with van der Waals surface area (Å²) in [4.78, 5) is 0. The van der Waals surface area contributed by atoms with E-state index < -0.39 is 6.10 Å². The van der Waals surface area contributed by atoms with Gasteiger partial charge in [0.1, 0.15) is 0 Å². The summed E-state index contributed by atoms with van der Waals surface area (Å²) in [5.41, 5.74) is 0. The average Bonchev–Trinajstić information content (AvgIpc) is 2.32. The van der Waals surface area contributed by atoms with Gasteiger partial charge in [-0.3, -0.25) is 0 Å². The van der Waals surface area contributed by atoms with Crippen LogP contribution in [0.25, 0.3) is 0 Å². The predicted octanol–water partition coefficient (Wildman–Crippen LogP) is 0.415. The van der Waals surface area contributed by atoms with Crippen LogP contribution in [0.1, 0.15) is 19.8 Å². The van der Waals surface area contributed by atoms with Crippen molar-refractivity contribution in [3.63, 3.8) is 0 Å². The lowest BCUT2D eigenvalue weighted by Gasteiger charge is -2.19. The van der Waals surface area contributed by atoms with Crippen molar-refractivity contribution in [2.45, 2.75) is 31.9 Å². The standard InChI is InChI=1S/C12H27NO4/c1-4-5-11(9-16-3)13-8-12(14)10-17-7-6-15-2/h11-14H,4-10H2,1-3H3. The normalized spacial score (nSPS) is 14.8. The lowest BCUT2D eigenvalue weighted by Crippen LogP contribution is -2.40. The van der Waals surface area contributed by atoms with Crippen LogP contribution < -0.4 is 5.32 Å². The first-order valence-electron chi connectivity index (χ1n) is 6.21. The molecule has 0 aromatic heterocycles. The molecule has 17 heavy (non-hydrogen) atoms. The molecule has 2 N–H and O–H groups in total. The van der Waals surface area contributed by atoms with Crippen LogP contribution in [0.4, 0.5) is 0 Å². The number of aliphatic hydroxyl groups excluding tert-OH is 1. The highest BCUT2D eigenvalue weighted by Crippen LogP contribution is 1.97. The minimum absolute atomic E-state index is 0.304. The molecule has 0 aliphatic heterocycles. The second-order valence-electron chi connectivity index (χ2n) is 4.07. The van der Waals surface area contributed by atoms with E-state index in [0.29, 0.717) is 39.0 Å². The molecule has 2 atom stereocenters. The van der Waals surface area contributed by atoms with Crippen LogP contribution in [0.15, 0.2) is 0 Å². The molecule has 0 aromatic carbocycles. The van der Waals surface area contributed by atoms with Crippen LogP contribution in [0.5, 0.6) is 0 Å². The lowest BCUT2D eigenvalue weighted by atomic mass is 10.2. The molecule has 0 rings (SSSR count). The van der Waals surface area contributed by atoms with E-state index in [4.69, 9.17) is 14.2 Å². The van der Waals surface area contributed by atoms with Crippen LogP contribution in [-0.2, 0) is 14.2 Å². The maximum atomic E-state index is 9.66. The highest BCUT2D eigenvalue weighted by atomic mass is 16.5. The predicted molar refractivity (Wildman–Crippen MR) is 67.3 cm³/mol. The summed E-state index contributed by atoms with van der Waals surface area (Å²) < 4.78 is 15.2. The van der Waals surface area contributed by atoms with Crippen LogP contribution in [0.2, 0.25) is 0 Å². The Kier molecular flexibility index (Phi) is 12.1. The molecule has 5 nitrogen and oxygen atoms in total. The summed E-state index contributed by atoms with van der Waals surface area (Å²) in [5, 5.41) is 12.9. The van der Waals surface area contributed by atoms with E-state index >= 15 is 0 Å². The zero-order valence-electron chi connectivity index (χ0n) is 11.3. The molecule has 0 spiro atoms. The number of methoxy groups -OCH3 is 2. The number of nitrogens with one attached hydrogen (secondary N) is 1. The minimum Gasteiger partial charge on any atom is -0.389 e. The van der Waals surface area contributed by atoms with E-state index in [-0.39, 0.29) is 0 Å². The summed E-state index contributed by atoms with van der Waals surface area (Å²) in [7, 11) is 3.32. The maximum absolute atomic E-state index is 9.66. The molecule has 2 unspecified atom stereocenters. The third-order valence-electron chi connectivity index (χ3n) is 2.39. The number of hydrogen-bond acceptors (Lipinski definition) is 5. The maximum Gasteiger partial charge on any atom is 0.0897 e. The van der Waals surface area contributed by atoms with Crippen molar-refractivity contribution in [3.05, 3.63) is 0 Å². The molecule has 0 aliphatic rings. The van der Waals surface area contributed by atoms with Crippen molar-refractivity contribution in [3.8, 4) is 0 Å². The zero-order valence-corrected chi connectivity index (χ0v) is 11.3. The summed E-state index contributed by atoms with van der Waals surface area (Å²) in [6.45, 7) is 4.75. The Morgan fingerprint density at radius 1 is 1.12 bits per heavy atom. The second kappa shape index (κ2) is 12.3. The number of aliphatic hydroxyl groups is 1. The van der Waals surface area contributed by atoms with Gasteiger partial charge in [-0.2, -0.15) is 0 Å². The first-order valence-corrected chi connectivity index (χ1v) is 6.21. The Hall–Kier alpha value is -0.200. The van der Waals surface area contributed by atoms with Crippen molar-refractivity contribution >= 4 is 0 Å². The van der Waals surface area contributed by atoms with E-state index in [9.17, 15) is 5.11 Å². The first-order chi connectivity index (χ1) is 8.24. The topological polar surface area (TPSA) is 60.0 Å². The van der Waals surface area contributed by atoms with E-state index in [1.807, 2.05) is 0 Å². The largest absolute Gasteiger partial charge is 0.389 e. The van der Waals surface area contributed by atoms with Gasteiger partial charge in [-0.1, -0.05) is 13.3 Å². The van der Waals surface area contributed by atoms with Gasteiger partial charge < -0.3 is 24.6 Å². The summed E-state index contributed by atoms with van der Waals surface area (Å²) in [6, 6.07) is 0.304. The Morgan fingerprint density at radius 2 is 1.88 bits per heavy atom. The molecule has 0 aromatic rings.